The fourth-order valence-electron chi connectivity index (χ4n) is 2.04. The van der Waals surface area contributed by atoms with E-state index in [9.17, 15) is 0 Å². The Labute approximate surface area is 102 Å². The number of aromatic nitrogens is 1. The molecule has 90 valence electrons. The summed E-state index contributed by atoms with van der Waals surface area (Å²) in [4.78, 5) is 6.32. The highest BCUT2D eigenvalue weighted by Gasteiger charge is 2.32. The summed E-state index contributed by atoms with van der Waals surface area (Å²) >= 11 is 0. The quantitative estimate of drug-likeness (QED) is 0.836. The van der Waals surface area contributed by atoms with E-state index in [1.54, 1.807) is 12.3 Å². The van der Waals surface area contributed by atoms with E-state index in [-0.39, 0.29) is 0 Å². The number of nitrogens with one attached hydrogen (secondary N) is 1. The number of rotatable bonds is 5. The molecule has 1 fully saturated rings. The van der Waals surface area contributed by atoms with Crippen LogP contribution in [0, 0.1) is 17.2 Å². The number of hydrogen-bond acceptors (Lipinski definition) is 4. The van der Waals surface area contributed by atoms with Gasteiger partial charge in [-0.1, -0.05) is 0 Å². The van der Waals surface area contributed by atoms with Crippen molar-refractivity contribution in [2.45, 2.75) is 18.9 Å². The maximum absolute atomic E-state index is 8.66. The minimum atomic E-state index is 0.460. The molecule has 1 aromatic heterocycles. The Hall–Kier alpha value is -1.60. The van der Waals surface area contributed by atoms with E-state index >= 15 is 0 Å². The first-order valence-electron chi connectivity index (χ1n) is 5.97. The predicted molar refractivity (Wildman–Crippen MR) is 67.6 cm³/mol. The minimum absolute atomic E-state index is 0.460. The smallest absolute Gasteiger partial charge is 0.140 e. The van der Waals surface area contributed by atoms with Crippen molar-refractivity contribution in [1.29, 1.82) is 5.26 Å². The van der Waals surface area contributed by atoms with Crippen LogP contribution in [-0.4, -0.2) is 36.6 Å². The number of pyridine rings is 1. The van der Waals surface area contributed by atoms with Gasteiger partial charge in [0.05, 0.1) is 11.9 Å². The summed E-state index contributed by atoms with van der Waals surface area (Å²) in [6.45, 7) is 0.936. The number of likely N-dealkylation sites (N-methyl/N-ethyl adjacent to an activating group) is 1. The Balaban J connectivity index is 1.89. The van der Waals surface area contributed by atoms with E-state index in [1.807, 2.05) is 12.1 Å². The molecule has 1 atom stereocenters. The predicted octanol–water partition coefficient (Wildman–Crippen LogP) is 1.71. The molecule has 0 saturated heterocycles. The molecule has 1 aromatic rings. The van der Waals surface area contributed by atoms with Gasteiger partial charge in [0, 0.05) is 12.6 Å². The standard InChI is InChI=1S/C13H18N4/c1-17(2)13(10-3-4-10)9-16-12-6-5-11(7-14)15-8-12/h5-6,8,10,13,16H,3-4,9H2,1-2H3/t13-/m1/s1. The molecule has 2 rings (SSSR count). The minimum Gasteiger partial charge on any atom is -0.382 e. The van der Waals surface area contributed by atoms with Gasteiger partial charge in [-0.2, -0.15) is 5.26 Å². The Morgan fingerprint density at radius 2 is 2.29 bits per heavy atom. The molecule has 17 heavy (non-hydrogen) atoms. The van der Waals surface area contributed by atoms with Crippen molar-refractivity contribution in [3.8, 4) is 6.07 Å². The van der Waals surface area contributed by atoms with Gasteiger partial charge in [0.15, 0.2) is 0 Å². The molecule has 0 amide bonds. The molecule has 1 saturated carbocycles. The first-order valence-corrected chi connectivity index (χ1v) is 5.97. The highest BCUT2D eigenvalue weighted by atomic mass is 15.1. The van der Waals surface area contributed by atoms with Gasteiger partial charge in [-0.3, -0.25) is 0 Å². The topological polar surface area (TPSA) is 52.0 Å². The summed E-state index contributed by atoms with van der Waals surface area (Å²) in [5.74, 6) is 0.837. The zero-order chi connectivity index (χ0) is 12.3. The van der Waals surface area contributed by atoms with Crippen molar-refractivity contribution in [2.24, 2.45) is 5.92 Å². The average Bonchev–Trinajstić information content (AvgIpc) is 3.14. The molecule has 0 spiro atoms. The van der Waals surface area contributed by atoms with E-state index in [0.717, 1.165) is 18.2 Å². The maximum Gasteiger partial charge on any atom is 0.140 e. The first-order chi connectivity index (χ1) is 8.20. The molecule has 0 bridgehead atoms. The monoisotopic (exact) mass is 230 g/mol. The highest BCUT2D eigenvalue weighted by molar-refractivity contribution is 5.42. The summed E-state index contributed by atoms with van der Waals surface area (Å²) in [7, 11) is 4.25. The van der Waals surface area contributed by atoms with Crippen molar-refractivity contribution in [1.82, 2.24) is 9.88 Å². The van der Waals surface area contributed by atoms with Crippen LogP contribution in [0.25, 0.3) is 0 Å². The number of hydrogen-bond donors (Lipinski definition) is 1. The highest BCUT2D eigenvalue weighted by Crippen LogP contribution is 2.34. The second kappa shape index (κ2) is 5.15. The molecule has 0 aromatic carbocycles. The number of anilines is 1. The molecule has 1 heterocycles. The molecule has 0 radical (unpaired) electrons. The van der Waals surface area contributed by atoms with E-state index in [4.69, 9.17) is 5.26 Å². The molecule has 4 heteroatoms. The van der Waals surface area contributed by atoms with E-state index < -0.39 is 0 Å². The average molecular weight is 230 g/mol. The fourth-order valence-corrected chi connectivity index (χ4v) is 2.04. The maximum atomic E-state index is 8.66. The Morgan fingerprint density at radius 3 is 2.76 bits per heavy atom. The lowest BCUT2D eigenvalue weighted by atomic mass is 10.1. The van der Waals surface area contributed by atoms with Crippen molar-refractivity contribution in [3.63, 3.8) is 0 Å². The lowest BCUT2D eigenvalue weighted by molar-refractivity contribution is 0.276. The van der Waals surface area contributed by atoms with Gasteiger partial charge in [0.1, 0.15) is 11.8 Å². The van der Waals surface area contributed by atoms with Gasteiger partial charge in [0.25, 0.3) is 0 Å². The van der Waals surface area contributed by atoms with E-state index in [1.165, 1.54) is 12.8 Å². The number of nitriles is 1. The van der Waals surface area contributed by atoms with Crippen molar-refractivity contribution >= 4 is 5.69 Å². The molecular weight excluding hydrogens is 212 g/mol. The second-order valence-electron chi connectivity index (χ2n) is 4.79. The van der Waals surface area contributed by atoms with E-state index in [0.29, 0.717) is 11.7 Å². The Bertz CT molecular complexity index is 398. The normalized spacial score (nSPS) is 16.6. The van der Waals surface area contributed by atoms with Gasteiger partial charge < -0.3 is 10.2 Å². The molecule has 1 N–H and O–H groups in total. The Morgan fingerprint density at radius 1 is 1.53 bits per heavy atom. The SMILES string of the molecule is CN(C)[C@H](CNc1ccc(C#N)nc1)C1CC1. The summed E-state index contributed by atoms with van der Waals surface area (Å²) in [5.41, 5.74) is 1.44. The van der Waals surface area contributed by atoms with Crippen LogP contribution in [0.3, 0.4) is 0 Å². The van der Waals surface area contributed by atoms with Gasteiger partial charge in [-0.25, -0.2) is 4.98 Å². The zero-order valence-corrected chi connectivity index (χ0v) is 10.3. The third-order valence-electron chi connectivity index (χ3n) is 3.22. The van der Waals surface area contributed by atoms with Crippen LogP contribution < -0.4 is 5.32 Å². The summed E-state index contributed by atoms with van der Waals surface area (Å²) in [5, 5.41) is 12.0. The fraction of sp³-hybridized carbons (Fsp3) is 0.538. The Kier molecular flexibility index (Phi) is 3.60. The molecule has 0 aliphatic heterocycles. The van der Waals surface area contributed by atoms with Gasteiger partial charge in [-0.05, 0) is 45.0 Å². The van der Waals surface area contributed by atoms with Gasteiger partial charge >= 0.3 is 0 Å². The zero-order valence-electron chi connectivity index (χ0n) is 10.3. The second-order valence-corrected chi connectivity index (χ2v) is 4.79. The first kappa shape index (κ1) is 11.9. The van der Waals surface area contributed by atoms with Crippen LogP contribution >= 0.6 is 0 Å². The van der Waals surface area contributed by atoms with Crippen LogP contribution in [0.15, 0.2) is 18.3 Å². The number of nitrogens with zero attached hydrogens (tertiary/aromatic N) is 3. The van der Waals surface area contributed by atoms with Crippen molar-refractivity contribution in [3.05, 3.63) is 24.0 Å². The summed E-state index contributed by atoms with van der Waals surface area (Å²) in [6.07, 6.45) is 4.41. The third kappa shape index (κ3) is 3.18. The molecule has 1 aliphatic carbocycles. The molecule has 1 aliphatic rings. The van der Waals surface area contributed by atoms with Crippen molar-refractivity contribution < 1.29 is 0 Å². The van der Waals surface area contributed by atoms with E-state index in [2.05, 4.69) is 29.3 Å². The summed E-state index contributed by atoms with van der Waals surface area (Å²) < 4.78 is 0. The molecule has 0 unspecified atom stereocenters. The van der Waals surface area contributed by atoms with Gasteiger partial charge in [-0.15, -0.1) is 0 Å². The van der Waals surface area contributed by atoms with Crippen LogP contribution in [-0.2, 0) is 0 Å². The molecular formula is C13H18N4. The lowest BCUT2D eigenvalue weighted by Gasteiger charge is -2.24. The van der Waals surface area contributed by atoms with Crippen LogP contribution in [0.2, 0.25) is 0 Å². The van der Waals surface area contributed by atoms with Crippen molar-refractivity contribution in [2.75, 3.05) is 26.0 Å². The van der Waals surface area contributed by atoms with Crippen LogP contribution in [0.5, 0.6) is 0 Å². The van der Waals surface area contributed by atoms with Crippen LogP contribution in [0.4, 0.5) is 5.69 Å². The third-order valence-corrected chi connectivity index (χ3v) is 3.22. The summed E-state index contributed by atoms with van der Waals surface area (Å²) in [6, 6.07) is 6.26. The largest absolute Gasteiger partial charge is 0.382 e. The van der Waals surface area contributed by atoms with Crippen LogP contribution in [0.1, 0.15) is 18.5 Å². The lowest BCUT2D eigenvalue weighted by Crippen LogP contribution is -2.36. The molecule has 4 nitrogen and oxygen atoms in total. The van der Waals surface area contributed by atoms with Gasteiger partial charge in [0.2, 0.25) is 0 Å².